The molecule has 2 aliphatic rings. The van der Waals surface area contributed by atoms with Gasteiger partial charge in [-0.1, -0.05) is 6.08 Å². The van der Waals surface area contributed by atoms with Gasteiger partial charge in [-0.25, -0.2) is 0 Å². The fraction of sp³-hybridized carbons (Fsp3) is 0.500. The van der Waals surface area contributed by atoms with Crippen LogP contribution in [-0.2, 0) is 0 Å². The van der Waals surface area contributed by atoms with Gasteiger partial charge in [-0.3, -0.25) is 10.1 Å². The summed E-state index contributed by atoms with van der Waals surface area (Å²) in [6.07, 6.45) is 6.82. The zero-order chi connectivity index (χ0) is 8.72. The summed E-state index contributed by atoms with van der Waals surface area (Å²) >= 11 is 1.46. The molecule has 12 heavy (non-hydrogen) atoms. The third-order valence-corrected chi connectivity index (χ3v) is 3.14. The average molecular weight is 183 g/mol. The molecule has 2 aliphatic carbocycles. The van der Waals surface area contributed by atoms with Crippen molar-refractivity contribution in [3.05, 3.63) is 32.9 Å². The number of hydrogen-bond donors (Lipinski definition) is 0. The van der Waals surface area contributed by atoms with Gasteiger partial charge in [0.2, 0.25) is 0 Å². The summed E-state index contributed by atoms with van der Waals surface area (Å²) in [6, 6.07) is 0. The summed E-state index contributed by atoms with van der Waals surface area (Å²) in [4.78, 5) is 11.3. The molecular formula is C8H9NO2S. The highest BCUT2D eigenvalue weighted by molar-refractivity contribution is 8.02. The lowest BCUT2D eigenvalue weighted by Gasteiger charge is -2.04. The lowest BCUT2D eigenvalue weighted by Crippen LogP contribution is -2.06. The van der Waals surface area contributed by atoms with Crippen LogP contribution in [0.15, 0.2) is 22.8 Å². The lowest BCUT2D eigenvalue weighted by molar-refractivity contribution is -0.431. The third kappa shape index (κ3) is 1.06. The molecule has 4 heteroatoms. The topological polar surface area (TPSA) is 43.1 Å². The Balaban J connectivity index is 2.37. The second-order valence-electron chi connectivity index (χ2n) is 3.08. The van der Waals surface area contributed by atoms with Crippen molar-refractivity contribution in [1.82, 2.24) is 0 Å². The van der Waals surface area contributed by atoms with E-state index in [9.17, 15) is 10.1 Å². The molecule has 0 heterocycles. The number of nitrogens with zero attached hydrogens (tertiary/aromatic N) is 1. The average Bonchev–Trinajstić information content (AvgIpc) is 2.79. The van der Waals surface area contributed by atoms with Crippen LogP contribution in [-0.4, -0.2) is 11.2 Å². The molecule has 64 valence electrons. The van der Waals surface area contributed by atoms with E-state index in [1.54, 1.807) is 0 Å². The zero-order valence-corrected chi connectivity index (χ0v) is 7.50. The quantitative estimate of drug-likeness (QED) is 0.486. The minimum Gasteiger partial charge on any atom is -0.259 e. The molecule has 3 nitrogen and oxygen atoms in total. The van der Waals surface area contributed by atoms with E-state index in [1.807, 2.05) is 12.3 Å². The van der Waals surface area contributed by atoms with E-state index in [4.69, 9.17) is 0 Å². The maximum Gasteiger partial charge on any atom is 0.263 e. The van der Waals surface area contributed by atoms with Crippen LogP contribution in [0, 0.1) is 22.0 Å². The van der Waals surface area contributed by atoms with Gasteiger partial charge in [0, 0.05) is 0 Å². The van der Waals surface area contributed by atoms with E-state index >= 15 is 0 Å². The van der Waals surface area contributed by atoms with Crippen LogP contribution >= 0.6 is 11.8 Å². The van der Waals surface area contributed by atoms with Crippen molar-refractivity contribution in [2.45, 2.75) is 6.42 Å². The van der Waals surface area contributed by atoms with Crippen LogP contribution < -0.4 is 0 Å². The summed E-state index contributed by atoms with van der Waals surface area (Å²) < 4.78 is 0. The Kier molecular flexibility index (Phi) is 1.72. The molecule has 0 aromatic rings. The molecule has 0 amide bonds. The maximum absolute atomic E-state index is 10.7. The SMILES string of the molecule is CSC1=C([N+](=O)[O-])[C@@H]2CC2C=C1. The van der Waals surface area contributed by atoms with Crippen LogP contribution in [0.1, 0.15) is 6.42 Å². The number of fused-ring (bicyclic) bond motifs is 1. The molecular weight excluding hydrogens is 174 g/mol. The predicted molar refractivity (Wildman–Crippen MR) is 48.3 cm³/mol. The van der Waals surface area contributed by atoms with Crippen LogP contribution in [0.3, 0.4) is 0 Å². The van der Waals surface area contributed by atoms with E-state index in [-0.39, 0.29) is 10.8 Å². The Labute approximate surface area is 74.7 Å². The molecule has 0 aromatic carbocycles. The predicted octanol–water partition coefficient (Wildman–Crippen LogP) is 2.04. The summed E-state index contributed by atoms with van der Waals surface area (Å²) in [6.45, 7) is 0. The molecule has 0 radical (unpaired) electrons. The first-order valence-corrected chi connectivity index (χ1v) is 5.07. The lowest BCUT2D eigenvalue weighted by atomic mass is 10.1. The van der Waals surface area contributed by atoms with Crippen LogP contribution in [0.4, 0.5) is 0 Å². The summed E-state index contributed by atoms with van der Waals surface area (Å²) in [7, 11) is 0. The van der Waals surface area contributed by atoms with Gasteiger partial charge in [-0.2, -0.15) is 0 Å². The van der Waals surface area contributed by atoms with Crippen molar-refractivity contribution in [1.29, 1.82) is 0 Å². The first kappa shape index (κ1) is 7.86. The second kappa shape index (κ2) is 2.62. The molecule has 0 saturated heterocycles. The van der Waals surface area contributed by atoms with Gasteiger partial charge in [-0.15, -0.1) is 11.8 Å². The van der Waals surface area contributed by atoms with Crippen molar-refractivity contribution in [3.8, 4) is 0 Å². The van der Waals surface area contributed by atoms with Crippen molar-refractivity contribution in [2.75, 3.05) is 6.26 Å². The molecule has 2 rings (SSSR count). The van der Waals surface area contributed by atoms with Gasteiger partial charge in [0.25, 0.3) is 5.70 Å². The van der Waals surface area contributed by atoms with Crippen LogP contribution in [0.5, 0.6) is 0 Å². The Hall–Kier alpha value is -0.770. The molecule has 1 saturated carbocycles. The van der Waals surface area contributed by atoms with Crippen LogP contribution in [0.25, 0.3) is 0 Å². The molecule has 1 fully saturated rings. The highest BCUT2D eigenvalue weighted by Crippen LogP contribution is 2.50. The van der Waals surface area contributed by atoms with Crippen molar-refractivity contribution in [3.63, 3.8) is 0 Å². The van der Waals surface area contributed by atoms with Crippen LogP contribution in [0.2, 0.25) is 0 Å². The minimum atomic E-state index is -0.222. The van der Waals surface area contributed by atoms with E-state index in [1.165, 1.54) is 11.8 Å². The Morgan fingerprint density at radius 3 is 3.08 bits per heavy atom. The fourth-order valence-corrected chi connectivity index (χ4v) is 2.27. The highest BCUT2D eigenvalue weighted by Gasteiger charge is 2.48. The molecule has 0 aromatic heterocycles. The van der Waals surface area contributed by atoms with Gasteiger partial charge >= 0.3 is 0 Å². The molecule has 2 atom stereocenters. The maximum atomic E-state index is 10.7. The molecule has 0 spiro atoms. The number of thioether (sulfide) groups is 1. The number of rotatable bonds is 2. The smallest absolute Gasteiger partial charge is 0.259 e. The highest BCUT2D eigenvalue weighted by atomic mass is 32.2. The van der Waals surface area contributed by atoms with Gasteiger partial charge < -0.3 is 0 Å². The largest absolute Gasteiger partial charge is 0.263 e. The zero-order valence-electron chi connectivity index (χ0n) is 6.69. The summed E-state index contributed by atoms with van der Waals surface area (Å²) in [5, 5.41) is 10.7. The summed E-state index contributed by atoms with van der Waals surface area (Å²) in [5.74, 6) is 0.675. The molecule has 1 unspecified atom stereocenters. The number of allylic oxidation sites excluding steroid dienone is 3. The van der Waals surface area contributed by atoms with Gasteiger partial charge in [0.05, 0.1) is 15.7 Å². The standard InChI is InChI=1S/C8H9NO2S/c1-12-7-3-2-5-4-6(5)8(7)9(10)11/h2-3,5-6H,4H2,1H3/t5?,6-/m1/s1. The fourth-order valence-electron chi connectivity index (χ4n) is 1.62. The van der Waals surface area contributed by atoms with E-state index < -0.39 is 0 Å². The van der Waals surface area contributed by atoms with E-state index in [2.05, 4.69) is 6.08 Å². The minimum absolute atomic E-state index is 0.215. The normalized spacial score (nSPS) is 31.8. The summed E-state index contributed by atoms with van der Waals surface area (Å²) in [5.41, 5.74) is 0.440. The monoisotopic (exact) mass is 183 g/mol. The van der Waals surface area contributed by atoms with Crippen molar-refractivity contribution >= 4 is 11.8 Å². The Morgan fingerprint density at radius 2 is 2.50 bits per heavy atom. The van der Waals surface area contributed by atoms with Gasteiger partial charge in [-0.05, 0) is 24.7 Å². The number of nitro groups is 1. The second-order valence-corrected chi connectivity index (χ2v) is 3.92. The van der Waals surface area contributed by atoms with Gasteiger partial charge in [0.15, 0.2) is 0 Å². The van der Waals surface area contributed by atoms with Crippen molar-refractivity contribution < 1.29 is 4.92 Å². The molecule has 0 bridgehead atoms. The first-order valence-electron chi connectivity index (χ1n) is 3.84. The Morgan fingerprint density at radius 1 is 1.75 bits per heavy atom. The van der Waals surface area contributed by atoms with Gasteiger partial charge in [0.1, 0.15) is 0 Å². The Bertz CT molecular complexity index is 295. The number of hydrogen-bond acceptors (Lipinski definition) is 3. The molecule has 0 N–H and O–H groups in total. The molecule has 0 aliphatic heterocycles. The van der Waals surface area contributed by atoms with E-state index in [0.717, 1.165) is 11.3 Å². The van der Waals surface area contributed by atoms with Crippen molar-refractivity contribution in [2.24, 2.45) is 11.8 Å². The first-order chi connectivity index (χ1) is 5.74. The van der Waals surface area contributed by atoms with E-state index in [0.29, 0.717) is 11.6 Å². The third-order valence-electron chi connectivity index (χ3n) is 2.35.